The van der Waals surface area contributed by atoms with Crippen LogP contribution < -0.4 is 10.6 Å². The van der Waals surface area contributed by atoms with Gasteiger partial charge in [0.05, 0.1) is 0 Å². The van der Waals surface area contributed by atoms with Crippen molar-refractivity contribution >= 4 is 17.6 Å². The highest BCUT2D eigenvalue weighted by Gasteiger charge is 2.20. The predicted molar refractivity (Wildman–Crippen MR) is 97.3 cm³/mol. The minimum Gasteiger partial charge on any atom is -0.480 e. The molecule has 1 amide bonds. The number of hydrogen-bond donors (Lipinski definition) is 3. The Labute approximate surface area is 144 Å². The van der Waals surface area contributed by atoms with Gasteiger partial charge in [0, 0.05) is 18.2 Å². The normalized spacial score (nSPS) is 13.5. The third-order valence-electron chi connectivity index (χ3n) is 3.98. The number of carboxylic acid groups (broad SMARTS) is 1. The van der Waals surface area contributed by atoms with E-state index in [4.69, 9.17) is 0 Å². The topological polar surface area (TPSA) is 78.4 Å². The molecule has 3 N–H and O–H groups in total. The van der Waals surface area contributed by atoms with Crippen LogP contribution in [0.5, 0.6) is 0 Å². The second kappa shape index (κ2) is 10.1. The molecular weight excluding hydrogens is 304 g/mol. The van der Waals surface area contributed by atoms with Gasteiger partial charge in [0.1, 0.15) is 6.04 Å². The first-order chi connectivity index (χ1) is 11.3. The van der Waals surface area contributed by atoms with E-state index < -0.39 is 12.0 Å². The van der Waals surface area contributed by atoms with Gasteiger partial charge in [-0.25, -0.2) is 0 Å². The molecule has 0 saturated heterocycles. The molecule has 0 aliphatic rings. The van der Waals surface area contributed by atoms with Gasteiger partial charge >= 0.3 is 5.97 Å². The van der Waals surface area contributed by atoms with Crippen molar-refractivity contribution in [3.8, 4) is 0 Å². The van der Waals surface area contributed by atoms with Crippen molar-refractivity contribution < 1.29 is 14.7 Å². The molecule has 0 aromatic heterocycles. The summed E-state index contributed by atoms with van der Waals surface area (Å²) in [5.74, 6) is -0.647. The number of carbonyl (C=O) groups is 2. The number of para-hydroxylation sites is 1. The number of benzene rings is 1. The molecule has 0 fully saturated rings. The Morgan fingerprint density at radius 1 is 1.17 bits per heavy atom. The number of anilines is 1. The number of hydrogen-bond acceptors (Lipinski definition) is 3. The van der Waals surface area contributed by atoms with E-state index in [9.17, 15) is 14.7 Å². The van der Waals surface area contributed by atoms with E-state index >= 15 is 0 Å². The summed E-state index contributed by atoms with van der Waals surface area (Å²) in [5, 5.41) is 15.2. The largest absolute Gasteiger partial charge is 0.480 e. The maximum absolute atomic E-state index is 12.3. The molecule has 0 radical (unpaired) electrons. The Morgan fingerprint density at radius 2 is 1.83 bits per heavy atom. The summed E-state index contributed by atoms with van der Waals surface area (Å²) in [6, 6.07) is 6.96. The molecule has 24 heavy (non-hydrogen) atoms. The summed E-state index contributed by atoms with van der Waals surface area (Å²) in [4.78, 5) is 23.5. The number of rotatable bonds is 10. The molecule has 0 heterocycles. The Morgan fingerprint density at radius 3 is 2.42 bits per heavy atom. The van der Waals surface area contributed by atoms with E-state index in [1.807, 2.05) is 38.1 Å². The Bertz CT molecular complexity index is 543. The van der Waals surface area contributed by atoms with Crippen LogP contribution >= 0.6 is 0 Å². The van der Waals surface area contributed by atoms with E-state index in [0.29, 0.717) is 12.3 Å². The molecule has 5 heteroatoms. The summed E-state index contributed by atoms with van der Waals surface area (Å²) >= 11 is 0. The number of nitrogens with one attached hydrogen (secondary N) is 2. The smallest absolute Gasteiger partial charge is 0.320 e. The molecule has 5 nitrogen and oxygen atoms in total. The third kappa shape index (κ3) is 6.71. The minimum atomic E-state index is -0.860. The van der Waals surface area contributed by atoms with Crippen LogP contribution in [0, 0.1) is 0 Å². The van der Waals surface area contributed by atoms with Gasteiger partial charge < -0.3 is 15.7 Å². The lowest BCUT2D eigenvalue weighted by Crippen LogP contribution is -2.43. The maximum Gasteiger partial charge on any atom is 0.320 e. The van der Waals surface area contributed by atoms with E-state index in [1.165, 1.54) is 0 Å². The minimum absolute atomic E-state index is 0.109. The van der Waals surface area contributed by atoms with Crippen molar-refractivity contribution in [2.45, 2.75) is 71.4 Å². The van der Waals surface area contributed by atoms with Crippen LogP contribution in [0.25, 0.3) is 0 Å². The highest BCUT2D eigenvalue weighted by atomic mass is 16.4. The summed E-state index contributed by atoms with van der Waals surface area (Å²) in [6.07, 6.45) is 2.62. The Hall–Kier alpha value is -1.88. The molecule has 134 valence electrons. The lowest BCUT2D eigenvalue weighted by atomic mass is 10.0. The van der Waals surface area contributed by atoms with Crippen LogP contribution in [-0.4, -0.2) is 29.1 Å². The van der Waals surface area contributed by atoms with Crippen LogP contribution in [0.3, 0.4) is 0 Å². The molecular formula is C19H30N2O3. The molecule has 2 atom stereocenters. The number of unbranched alkanes of at least 4 members (excludes halogenated alkanes) is 1. The van der Waals surface area contributed by atoms with Gasteiger partial charge in [0.15, 0.2) is 0 Å². The average Bonchev–Trinajstić information content (AvgIpc) is 2.51. The van der Waals surface area contributed by atoms with Gasteiger partial charge in [-0.3, -0.25) is 9.59 Å². The van der Waals surface area contributed by atoms with Gasteiger partial charge in [-0.05, 0) is 30.9 Å². The van der Waals surface area contributed by atoms with Crippen LogP contribution in [-0.2, 0) is 9.59 Å². The van der Waals surface area contributed by atoms with Gasteiger partial charge in [-0.1, -0.05) is 51.8 Å². The fourth-order valence-electron chi connectivity index (χ4n) is 2.68. The molecule has 1 rings (SSSR count). The van der Waals surface area contributed by atoms with Crippen molar-refractivity contribution in [1.82, 2.24) is 5.32 Å². The van der Waals surface area contributed by atoms with Crippen molar-refractivity contribution in [2.24, 2.45) is 0 Å². The molecule has 0 aliphatic carbocycles. The molecule has 0 bridgehead atoms. The van der Waals surface area contributed by atoms with Gasteiger partial charge in [0.25, 0.3) is 0 Å². The second-order valence-electron chi connectivity index (χ2n) is 6.60. The SMILES string of the molecule is CCCCC(NC(C)CC(=O)Nc1ccccc1C(C)C)C(=O)O. The standard InChI is InChI=1S/C19H30N2O3/c1-5-6-10-17(19(23)24)20-14(4)12-18(22)21-16-11-8-7-9-15(16)13(2)3/h7-9,11,13-14,17,20H,5-6,10,12H2,1-4H3,(H,21,22)(H,23,24). The highest BCUT2D eigenvalue weighted by Crippen LogP contribution is 2.23. The zero-order valence-electron chi connectivity index (χ0n) is 15.1. The molecule has 2 unspecified atom stereocenters. The fraction of sp³-hybridized carbons (Fsp3) is 0.579. The molecule has 1 aromatic carbocycles. The van der Waals surface area contributed by atoms with Crippen molar-refractivity contribution in [3.05, 3.63) is 29.8 Å². The van der Waals surface area contributed by atoms with E-state index in [-0.39, 0.29) is 18.4 Å². The van der Waals surface area contributed by atoms with Gasteiger partial charge in [-0.2, -0.15) is 0 Å². The second-order valence-corrected chi connectivity index (χ2v) is 6.60. The molecule has 0 saturated carbocycles. The first-order valence-corrected chi connectivity index (χ1v) is 8.72. The Balaban J connectivity index is 2.59. The fourth-order valence-corrected chi connectivity index (χ4v) is 2.68. The van der Waals surface area contributed by atoms with Gasteiger partial charge in [-0.15, -0.1) is 0 Å². The summed E-state index contributed by atoms with van der Waals surface area (Å²) in [6.45, 7) is 8.04. The number of aliphatic carboxylic acids is 1. The summed E-state index contributed by atoms with van der Waals surface area (Å²) < 4.78 is 0. The highest BCUT2D eigenvalue weighted by molar-refractivity contribution is 5.92. The number of carboxylic acids is 1. The summed E-state index contributed by atoms with van der Waals surface area (Å²) in [5.41, 5.74) is 1.92. The Kier molecular flexibility index (Phi) is 8.47. The van der Waals surface area contributed by atoms with Crippen LogP contribution in [0.4, 0.5) is 5.69 Å². The van der Waals surface area contributed by atoms with Crippen LogP contribution in [0.1, 0.15) is 64.9 Å². The quantitative estimate of drug-likeness (QED) is 0.609. The monoisotopic (exact) mass is 334 g/mol. The van der Waals surface area contributed by atoms with Crippen molar-refractivity contribution in [1.29, 1.82) is 0 Å². The number of carbonyl (C=O) groups excluding carboxylic acids is 1. The zero-order chi connectivity index (χ0) is 18.1. The van der Waals surface area contributed by atoms with E-state index in [2.05, 4.69) is 24.5 Å². The maximum atomic E-state index is 12.3. The first-order valence-electron chi connectivity index (χ1n) is 8.72. The molecule has 0 aliphatic heterocycles. The first kappa shape index (κ1) is 20.2. The zero-order valence-corrected chi connectivity index (χ0v) is 15.1. The predicted octanol–water partition coefficient (Wildman–Crippen LogP) is 3.76. The summed E-state index contributed by atoms with van der Waals surface area (Å²) in [7, 11) is 0. The average molecular weight is 334 g/mol. The van der Waals surface area contributed by atoms with E-state index in [1.54, 1.807) is 0 Å². The van der Waals surface area contributed by atoms with Crippen LogP contribution in [0.15, 0.2) is 24.3 Å². The lowest BCUT2D eigenvalue weighted by Gasteiger charge is -2.20. The molecule has 0 spiro atoms. The molecule has 1 aromatic rings. The van der Waals surface area contributed by atoms with Crippen molar-refractivity contribution in [3.63, 3.8) is 0 Å². The van der Waals surface area contributed by atoms with E-state index in [0.717, 1.165) is 24.1 Å². The lowest BCUT2D eigenvalue weighted by molar-refractivity contribution is -0.140. The number of amides is 1. The van der Waals surface area contributed by atoms with Crippen LogP contribution in [0.2, 0.25) is 0 Å². The van der Waals surface area contributed by atoms with Crippen molar-refractivity contribution in [2.75, 3.05) is 5.32 Å². The van der Waals surface area contributed by atoms with Gasteiger partial charge in [0.2, 0.25) is 5.91 Å². The third-order valence-corrected chi connectivity index (χ3v) is 3.98.